The van der Waals surface area contributed by atoms with E-state index in [1.165, 1.54) is 13.2 Å². The molecule has 2 aromatic carbocycles. The molecule has 2 aromatic heterocycles. The van der Waals surface area contributed by atoms with Gasteiger partial charge in [0, 0.05) is 34.0 Å². The van der Waals surface area contributed by atoms with E-state index in [2.05, 4.69) is 15.0 Å². The maximum Gasteiger partial charge on any atom is 0.324 e. The summed E-state index contributed by atoms with van der Waals surface area (Å²) in [7, 11) is -2.78. The van der Waals surface area contributed by atoms with Crippen molar-refractivity contribution >= 4 is 44.1 Å². The molecule has 0 bridgehead atoms. The highest BCUT2D eigenvalue weighted by molar-refractivity contribution is 7.91. The first-order chi connectivity index (χ1) is 16.4. The third-order valence-corrected chi connectivity index (χ3v) is 8.29. The molecule has 0 unspecified atom stereocenters. The van der Waals surface area contributed by atoms with E-state index in [4.69, 9.17) is 4.74 Å². The molecule has 0 spiro atoms. The highest BCUT2D eigenvalue weighted by Crippen LogP contribution is 2.24. The summed E-state index contributed by atoms with van der Waals surface area (Å²) < 4.78 is 33.4. The zero-order valence-corrected chi connectivity index (χ0v) is 19.9. The number of para-hydroxylation sites is 1. The van der Waals surface area contributed by atoms with E-state index in [9.17, 15) is 18.0 Å². The summed E-state index contributed by atoms with van der Waals surface area (Å²) in [5, 5.41) is 3.68. The number of benzene rings is 2. The molecule has 0 saturated heterocycles. The van der Waals surface area contributed by atoms with Gasteiger partial charge in [-0.25, -0.2) is 8.42 Å². The van der Waals surface area contributed by atoms with Crippen LogP contribution >= 0.6 is 11.3 Å². The van der Waals surface area contributed by atoms with Crippen LogP contribution in [0.5, 0.6) is 0 Å². The number of fused-ring (bicyclic) bond motifs is 1. The summed E-state index contributed by atoms with van der Waals surface area (Å²) in [5.74, 6) is -0.929. The van der Waals surface area contributed by atoms with Crippen LogP contribution in [0.2, 0.25) is 0 Å². The molecule has 0 radical (unpaired) electrons. The standard InChI is InChI=1S/C24H23N3O5S2/c1-32-24(29)21(13-17-14-25-20-10-6-5-9-19(17)20)27-34(30,31)22-12-11-18(33-22)15-26-23(28)16-7-3-2-4-8-16/h2-12,14,21,25,27H,13,15H2,1H3,(H,26,28)/t21-/m0/s1. The number of nitrogens with one attached hydrogen (secondary N) is 3. The van der Waals surface area contributed by atoms with E-state index in [0.29, 0.717) is 10.4 Å². The molecular formula is C24H23N3O5S2. The number of aromatic amines is 1. The smallest absolute Gasteiger partial charge is 0.324 e. The largest absolute Gasteiger partial charge is 0.468 e. The van der Waals surface area contributed by atoms with E-state index < -0.39 is 22.0 Å². The van der Waals surface area contributed by atoms with E-state index in [1.54, 1.807) is 36.5 Å². The number of ether oxygens (including phenoxy) is 1. The van der Waals surface area contributed by atoms with Gasteiger partial charge >= 0.3 is 5.97 Å². The van der Waals surface area contributed by atoms with Crippen LogP contribution in [0, 0.1) is 0 Å². The Balaban J connectivity index is 1.46. The molecule has 34 heavy (non-hydrogen) atoms. The van der Waals surface area contributed by atoms with E-state index in [0.717, 1.165) is 27.8 Å². The van der Waals surface area contributed by atoms with Gasteiger partial charge in [-0.1, -0.05) is 36.4 Å². The third-order valence-electron chi connectivity index (χ3n) is 5.24. The molecule has 0 saturated carbocycles. The second-order valence-electron chi connectivity index (χ2n) is 7.53. The fourth-order valence-corrected chi connectivity index (χ4v) is 6.03. The van der Waals surface area contributed by atoms with Crippen molar-refractivity contribution in [2.24, 2.45) is 0 Å². The molecule has 2 heterocycles. The van der Waals surface area contributed by atoms with Crippen molar-refractivity contribution in [3.05, 3.63) is 88.9 Å². The molecule has 0 aliphatic heterocycles. The number of thiophene rings is 1. The van der Waals surface area contributed by atoms with E-state index in [1.807, 2.05) is 30.3 Å². The summed E-state index contributed by atoms with van der Waals surface area (Å²) in [4.78, 5) is 28.4. The number of rotatable bonds is 9. The van der Waals surface area contributed by atoms with Gasteiger partial charge in [-0.05, 0) is 35.9 Å². The lowest BCUT2D eigenvalue weighted by atomic mass is 10.1. The topological polar surface area (TPSA) is 117 Å². The third kappa shape index (κ3) is 5.36. The number of carbonyl (C=O) groups is 2. The lowest BCUT2D eigenvalue weighted by molar-refractivity contribution is -0.142. The van der Waals surface area contributed by atoms with Crippen LogP contribution in [0.15, 0.2) is 77.1 Å². The number of aromatic nitrogens is 1. The molecule has 1 amide bonds. The van der Waals surface area contributed by atoms with Crippen LogP contribution in [-0.4, -0.2) is 38.4 Å². The number of esters is 1. The van der Waals surface area contributed by atoms with Gasteiger partial charge in [-0.3, -0.25) is 9.59 Å². The molecule has 176 valence electrons. The number of hydrogen-bond acceptors (Lipinski definition) is 6. The second-order valence-corrected chi connectivity index (χ2v) is 10.6. The molecule has 4 rings (SSSR count). The number of methoxy groups -OCH3 is 1. The summed E-state index contributed by atoms with van der Waals surface area (Å²) in [5.41, 5.74) is 2.21. The normalized spacial score (nSPS) is 12.4. The van der Waals surface area contributed by atoms with Crippen molar-refractivity contribution in [2.45, 2.75) is 23.2 Å². The molecule has 0 aliphatic carbocycles. The van der Waals surface area contributed by atoms with Crippen molar-refractivity contribution in [1.29, 1.82) is 0 Å². The van der Waals surface area contributed by atoms with Gasteiger partial charge < -0.3 is 15.0 Å². The number of carbonyl (C=O) groups excluding carboxylic acids is 2. The summed E-state index contributed by atoms with van der Waals surface area (Å²) in [6, 6.07) is 18.3. The second kappa shape index (κ2) is 10.2. The van der Waals surface area contributed by atoms with Crippen LogP contribution in [0.1, 0.15) is 20.8 Å². The SMILES string of the molecule is COC(=O)[C@H](Cc1c[nH]c2ccccc12)NS(=O)(=O)c1ccc(CNC(=O)c2ccccc2)s1. The van der Waals surface area contributed by atoms with Crippen LogP contribution in [-0.2, 0) is 32.5 Å². The molecule has 8 nitrogen and oxygen atoms in total. The van der Waals surface area contributed by atoms with Crippen molar-refractivity contribution in [3.8, 4) is 0 Å². The number of hydrogen-bond donors (Lipinski definition) is 3. The first-order valence-corrected chi connectivity index (χ1v) is 12.7. The Morgan fingerprint density at radius 3 is 2.53 bits per heavy atom. The predicted molar refractivity (Wildman–Crippen MR) is 130 cm³/mol. The number of sulfonamides is 1. The molecule has 4 aromatic rings. The first kappa shape index (κ1) is 23.7. The van der Waals surface area contributed by atoms with Gasteiger partial charge in [0.25, 0.3) is 15.9 Å². The Labute approximate surface area is 201 Å². The zero-order valence-electron chi connectivity index (χ0n) is 18.3. The highest BCUT2D eigenvalue weighted by Gasteiger charge is 2.28. The fraction of sp³-hybridized carbons (Fsp3) is 0.167. The van der Waals surface area contributed by atoms with E-state index in [-0.39, 0.29) is 23.1 Å². The molecule has 10 heteroatoms. The van der Waals surface area contributed by atoms with Gasteiger partial charge in [0.1, 0.15) is 10.3 Å². The van der Waals surface area contributed by atoms with Gasteiger partial charge in [-0.15, -0.1) is 11.3 Å². The highest BCUT2D eigenvalue weighted by atomic mass is 32.2. The lowest BCUT2D eigenvalue weighted by Gasteiger charge is -2.16. The lowest BCUT2D eigenvalue weighted by Crippen LogP contribution is -2.42. The van der Waals surface area contributed by atoms with Gasteiger partial charge in [-0.2, -0.15) is 4.72 Å². The molecule has 1 atom stereocenters. The van der Waals surface area contributed by atoms with E-state index >= 15 is 0 Å². The first-order valence-electron chi connectivity index (χ1n) is 10.4. The quantitative estimate of drug-likeness (QED) is 0.307. The Morgan fingerprint density at radius 2 is 1.76 bits per heavy atom. The predicted octanol–water partition coefficient (Wildman–Crippen LogP) is 3.22. The minimum Gasteiger partial charge on any atom is -0.468 e. The van der Waals surface area contributed by atoms with Crippen molar-refractivity contribution < 1.29 is 22.7 Å². The molecular weight excluding hydrogens is 474 g/mol. The van der Waals surface area contributed by atoms with Gasteiger partial charge in [0.2, 0.25) is 0 Å². The summed E-state index contributed by atoms with van der Waals surface area (Å²) in [6.45, 7) is 0.184. The van der Waals surface area contributed by atoms with Crippen LogP contribution in [0.4, 0.5) is 0 Å². The minimum atomic E-state index is -4.00. The van der Waals surface area contributed by atoms with Crippen molar-refractivity contribution in [2.75, 3.05) is 7.11 Å². The number of amides is 1. The van der Waals surface area contributed by atoms with Crippen LogP contribution in [0.3, 0.4) is 0 Å². The maximum absolute atomic E-state index is 13.0. The molecule has 0 fully saturated rings. The van der Waals surface area contributed by atoms with Crippen molar-refractivity contribution in [3.63, 3.8) is 0 Å². The summed E-state index contributed by atoms with van der Waals surface area (Å²) in [6.07, 6.45) is 1.88. The van der Waals surface area contributed by atoms with Crippen LogP contribution in [0.25, 0.3) is 10.9 Å². The number of H-pyrrole nitrogens is 1. The Hall–Kier alpha value is -3.47. The zero-order chi connectivity index (χ0) is 24.1. The Morgan fingerprint density at radius 1 is 1.03 bits per heavy atom. The average Bonchev–Trinajstić information content (AvgIpc) is 3.50. The minimum absolute atomic E-state index is 0.0456. The average molecular weight is 498 g/mol. The Kier molecular flexibility index (Phi) is 7.11. The molecule has 0 aliphatic rings. The maximum atomic E-state index is 13.0. The van der Waals surface area contributed by atoms with Crippen molar-refractivity contribution in [1.82, 2.24) is 15.0 Å². The molecule has 3 N–H and O–H groups in total. The fourth-order valence-electron chi connectivity index (χ4n) is 3.54. The van der Waals surface area contributed by atoms with Gasteiger partial charge in [0.15, 0.2) is 0 Å². The van der Waals surface area contributed by atoms with Crippen LogP contribution < -0.4 is 10.0 Å². The summed E-state index contributed by atoms with van der Waals surface area (Å²) >= 11 is 1.03. The van der Waals surface area contributed by atoms with Gasteiger partial charge in [0.05, 0.1) is 13.7 Å². The Bertz CT molecular complexity index is 1410. The monoisotopic (exact) mass is 497 g/mol.